The summed E-state index contributed by atoms with van der Waals surface area (Å²) in [7, 11) is -2.22. The average molecular weight is 407 g/mol. The quantitative estimate of drug-likeness (QED) is 0.646. The first kappa shape index (κ1) is 21.6. The van der Waals surface area contributed by atoms with E-state index in [-0.39, 0.29) is 19.7 Å². The second-order valence-corrected chi connectivity index (χ2v) is 8.32. The fourth-order valence-electron chi connectivity index (χ4n) is 2.62. The van der Waals surface area contributed by atoms with Crippen molar-refractivity contribution >= 4 is 21.6 Å². The van der Waals surface area contributed by atoms with Gasteiger partial charge in [0.05, 0.1) is 25.6 Å². The van der Waals surface area contributed by atoms with Crippen LogP contribution in [0.25, 0.3) is 0 Å². The van der Waals surface area contributed by atoms with Crippen molar-refractivity contribution in [3.8, 4) is 11.5 Å². The lowest BCUT2D eigenvalue weighted by atomic mass is 10.1. The number of methoxy groups -OCH3 is 1. The minimum atomic E-state index is -3.67. The van der Waals surface area contributed by atoms with E-state index in [2.05, 4.69) is 5.32 Å². The number of ether oxygens (including phenoxy) is 2. The number of aryl methyl sites for hydroxylation is 2. The summed E-state index contributed by atoms with van der Waals surface area (Å²) in [5.41, 5.74) is 2.41. The van der Waals surface area contributed by atoms with Crippen LogP contribution in [0.4, 0.5) is 5.69 Å². The van der Waals surface area contributed by atoms with Crippen molar-refractivity contribution in [1.82, 2.24) is 5.32 Å². The molecule has 1 N–H and O–H groups in total. The van der Waals surface area contributed by atoms with Crippen LogP contribution in [0.2, 0.25) is 0 Å². The highest BCUT2D eigenvalue weighted by Gasteiger charge is 2.23. The summed E-state index contributed by atoms with van der Waals surface area (Å²) in [5.74, 6) is 0.709. The molecule has 152 valence electrons. The number of hydrogen-bond acceptors (Lipinski definition) is 5. The number of carbonyl (C=O) groups is 1. The van der Waals surface area contributed by atoms with Gasteiger partial charge in [-0.1, -0.05) is 24.3 Å². The summed E-state index contributed by atoms with van der Waals surface area (Å²) in [6.45, 7) is 4.12. The van der Waals surface area contributed by atoms with Crippen LogP contribution in [0, 0.1) is 13.8 Å². The monoisotopic (exact) mass is 406 g/mol. The number of anilines is 1. The van der Waals surface area contributed by atoms with E-state index < -0.39 is 15.9 Å². The molecule has 2 rings (SSSR count). The normalized spacial score (nSPS) is 11.0. The van der Waals surface area contributed by atoms with Crippen LogP contribution in [0.3, 0.4) is 0 Å². The fourth-order valence-corrected chi connectivity index (χ4v) is 3.48. The van der Waals surface area contributed by atoms with Gasteiger partial charge in [0.2, 0.25) is 15.9 Å². The van der Waals surface area contributed by atoms with Crippen molar-refractivity contribution in [2.45, 2.75) is 13.8 Å². The Morgan fingerprint density at radius 1 is 1.11 bits per heavy atom. The SMILES string of the molecule is COc1ccccc1N(CC(=O)NCCOc1cc(C)ccc1C)S(C)(=O)=O. The van der Waals surface area contributed by atoms with Gasteiger partial charge in [0.15, 0.2) is 0 Å². The fraction of sp³-hybridized carbons (Fsp3) is 0.350. The Balaban J connectivity index is 1.96. The Bertz CT molecular complexity index is 928. The van der Waals surface area contributed by atoms with Crippen molar-refractivity contribution in [3.63, 3.8) is 0 Å². The molecule has 0 unspecified atom stereocenters. The lowest BCUT2D eigenvalue weighted by Crippen LogP contribution is -2.41. The van der Waals surface area contributed by atoms with Gasteiger partial charge in [0.1, 0.15) is 24.7 Å². The van der Waals surface area contributed by atoms with Gasteiger partial charge in [-0.05, 0) is 43.2 Å². The van der Waals surface area contributed by atoms with E-state index in [1.165, 1.54) is 7.11 Å². The van der Waals surface area contributed by atoms with Crippen LogP contribution in [0.5, 0.6) is 11.5 Å². The lowest BCUT2D eigenvalue weighted by Gasteiger charge is -2.23. The molecule has 0 fully saturated rings. The first-order chi connectivity index (χ1) is 13.2. The third kappa shape index (κ3) is 5.88. The molecule has 0 aliphatic rings. The zero-order valence-corrected chi connectivity index (χ0v) is 17.4. The number of sulfonamides is 1. The highest BCUT2D eigenvalue weighted by molar-refractivity contribution is 7.92. The second kappa shape index (κ2) is 9.45. The van der Waals surface area contributed by atoms with Crippen molar-refractivity contribution < 1.29 is 22.7 Å². The van der Waals surface area contributed by atoms with Crippen LogP contribution in [0.15, 0.2) is 42.5 Å². The van der Waals surface area contributed by atoms with Crippen LogP contribution >= 0.6 is 0 Å². The molecule has 0 heterocycles. The lowest BCUT2D eigenvalue weighted by molar-refractivity contribution is -0.119. The highest BCUT2D eigenvalue weighted by atomic mass is 32.2. The van der Waals surface area contributed by atoms with Gasteiger partial charge < -0.3 is 14.8 Å². The molecule has 0 saturated carbocycles. The smallest absolute Gasteiger partial charge is 0.240 e. The molecule has 28 heavy (non-hydrogen) atoms. The van der Waals surface area contributed by atoms with Crippen molar-refractivity contribution in [3.05, 3.63) is 53.6 Å². The zero-order chi connectivity index (χ0) is 20.7. The molecule has 2 aromatic carbocycles. The van der Waals surface area contributed by atoms with E-state index in [0.717, 1.165) is 27.4 Å². The standard InChI is InChI=1S/C20H26N2O5S/c1-15-9-10-16(2)19(13-15)27-12-11-21-20(23)14-22(28(4,24)25)17-7-5-6-8-18(17)26-3/h5-10,13H,11-12,14H2,1-4H3,(H,21,23). The van der Waals surface area contributed by atoms with Gasteiger partial charge in [0.25, 0.3) is 0 Å². The van der Waals surface area contributed by atoms with E-state index in [4.69, 9.17) is 9.47 Å². The topological polar surface area (TPSA) is 84.9 Å². The molecule has 2 aromatic rings. The third-order valence-corrected chi connectivity index (χ3v) is 5.19. The molecule has 0 atom stereocenters. The molecule has 0 saturated heterocycles. The number of hydrogen-bond donors (Lipinski definition) is 1. The summed E-state index contributed by atoms with van der Waals surface area (Å²) >= 11 is 0. The van der Waals surface area contributed by atoms with Crippen LogP contribution < -0.4 is 19.1 Å². The Kier molecular flexibility index (Phi) is 7.28. The molecule has 0 aliphatic heterocycles. The molecular formula is C20H26N2O5S. The van der Waals surface area contributed by atoms with Gasteiger partial charge in [0, 0.05) is 0 Å². The number of amides is 1. The summed E-state index contributed by atoms with van der Waals surface area (Å²) in [6.07, 6.45) is 1.05. The van der Waals surface area contributed by atoms with Gasteiger partial charge in [-0.15, -0.1) is 0 Å². The van der Waals surface area contributed by atoms with Gasteiger partial charge in [-0.3, -0.25) is 9.10 Å². The van der Waals surface area contributed by atoms with Crippen molar-refractivity contribution in [2.75, 3.05) is 37.4 Å². The largest absolute Gasteiger partial charge is 0.495 e. The maximum atomic E-state index is 12.3. The Morgan fingerprint density at radius 3 is 2.50 bits per heavy atom. The Labute approximate surface area is 166 Å². The van der Waals surface area contributed by atoms with Crippen LogP contribution in [-0.2, 0) is 14.8 Å². The molecule has 8 heteroatoms. The zero-order valence-electron chi connectivity index (χ0n) is 16.6. The molecule has 0 bridgehead atoms. The van der Waals surface area contributed by atoms with Gasteiger partial charge >= 0.3 is 0 Å². The molecular weight excluding hydrogens is 380 g/mol. The number of rotatable bonds is 9. The first-order valence-corrected chi connectivity index (χ1v) is 10.6. The first-order valence-electron chi connectivity index (χ1n) is 8.80. The molecule has 0 aliphatic carbocycles. The molecule has 0 spiro atoms. The van der Waals surface area contributed by atoms with E-state index in [0.29, 0.717) is 11.4 Å². The summed E-state index contributed by atoms with van der Waals surface area (Å²) in [6, 6.07) is 12.6. The number of nitrogens with zero attached hydrogens (tertiary/aromatic N) is 1. The van der Waals surface area contributed by atoms with E-state index >= 15 is 0 Å². The average Bonchev–Trinajstić information content (AvgIpc) is 2.65. The van der Waals surface area contributed by atoms with Crippen molar-refractivity contribution in [2.24, 2.45) is 0 Å². The van der Waals surface area contributed by atoms with Gasteiger partial charge in [-0.2, -0.15) is 0 Å². The van der Waals surface area contributed by atoms with E-state index in [1.54, 1.807) is 24.3 Å². The molecule has 7 nitrogen and oxygen atoms in total. The number of para-hydroxylation sites is 2. The summed E-state index contributed by atoms with van der Waals surface area (Å²) in [5, 5.41) is 2.69. The predicted molar refractivity (Wildman–Crippen MR) is 110 cm³/mol. The number of nitrogens with one attached hydrogen (secondary N) is 1. The minimum Gasteiger partial charge on any atom is -0.495 e. The molecule has 1 amide bonds. The summed E-state index contributed by atoms with van der Waals surface area (Å²) in [4.78, 5) is 12.3. The molecule has 0 aromatic heterocycles. The van der Waals surface area contributed by atoms with E-state index in [9.17, 15) is 13.2 Å². The highest BCUT2D eigenvalue weighted by Crippen LogP contribution is 2.29. The Hall–Kier alpha value is -2.74. The van der Waals surface area contributed by atoms with Crippen molar-refractivity contribution in [1.29, 1.82) is 0 Å². The molecule has 0 radical (unpaired) electrons. The maximum Gasteiger partial charge on any atom is 0.240 e. The maximum absolute atomic E-state index is 12.3. The third-order valence-electron chi connectivity index (χ3n) is 4.07. The Morgan fingerprint density at radius 2 is 1.82 bits per heavy atom. The van der Waals surface area contributed by atoms with Gasteiger partial charge in [-0.25, -0.2) is 8.42 Å². The second-order valence-electron chi connectivity index (χ2n) is 6.41. The summed E-state index contributed by atoms with van der Waals surface area (Å²) < 4.78 is 36.3. The minimum absolute atomic E-state index is 0.260. The van der Waals surface area contributed by atoms with E-state index in [1.807, 2.05) is 32.0 Å². The van der Waals surface area contributed by atoms with Crippen LogP contribution in [0.1, 0.15) is 11.1 Å². The van der Waals surface area contributed by atoms with Crippen LogP contribution in [-0.4, -0.2) is 47.4 Å². The number of carbonyl (C=O) groups excluding carboxylic acids is 1. The predicted octanol–water partition coefficient (Wildman–Crippen LogP) is 2.27. The number of benzene rings is 2.